The Bertz CT molecular complexity index is 556. The molecule has 2 rings (SSSR count). The molecule has 1 atom stereocenters. The van der Waals surface area contributed by atoms with Gasteiger partial charge >= 0.3 is 0 Å². The number of rotatable bonds is 5. The zero-order valence-corrected chi connectivity index (χ0v) is 13.4. The molecular weight excluding hydrogens is 379 g/mol. The van der Waals surface area contributed by atoms with E-state index < -0.39 is 11.6 Å². The number of likely N-dealkylation sites (N-methyl/N-ethyl adjacent to an activating group) is 1. The standard InChI is InChI=1S/C14H14F2INS/c1-2-18-13(10-6-14(17)19-8-10)5-9-3-4-11(15)7-12(9)16/h3-4,6-8,13,18H,2,5H2,1H3. The summed E-state index contributed by atoms with van der Waals surface area (Å²) in [5, 5.41) is 5.43. The summed E-state index contributed by atoms with van der Waals surface area (Å²) < 4.78 is 27.8. The number of benzene rings is 1. The minimum atomic E-state index is -0.536. The van der Waals surface area contributed by atoms with Crippen molar-refractivity contribution in [2.24, 2.45) is 0 Å². The van der Waals surface area contributed by atoms with Gasteiger partial charge in [-0.15, -0.1) is 11.3 Å². The van der Waals surface area contributed by atoms with Crippen LogP contribution in [0.2, 0.25) is 0 Å². The van der Waals surface area contributed by atoms with Crippen LogP contribution in [0.15, 0.2) is 29.6 Å². The van der Waals surface area contributed by atoms with Crippen molar-refractivity contribution < 1.29 is 8.78 Å². The van der Waals surface area contributed by atoms with Crippen LogP contribution in [0.25, 0.3) is 0 Å². The molecule has 2 aromatic rings. The van der Waals surface area contributed by atoms with Crippen molar-refractivity contribution in [3.05, 3.63) is 55.3 Å². The van der Waals surface area contributed by atoms with Crippen LogP contribution in [-0.2, 0) is 6.42 Å². The Hall–Kier alpha value is -0.530. The molecule has 0 amide bonds. The van der Waals surface area contributed by atoms with Crippen molar-refractivity contribution >= 4 is 33.9 Å². The second kappa shape index (κ2) is 6.76. The van der Waals surface area contributed by atoms with Gasteiger partial charge < -0.3 is 5.32 Å². The molecule has 19 heavy (non-hydrogen) atoms. The van der Waals surface area contributed by atoms with Gasteiger partial charge in [-0.2, -0.15) is 0 Å². The van der Waals surface area contributed by atoms with Crippen molar-refractivity contribution in [2.45, 2.75) is 19.4 Å². The van der Waals surface area contributed by atoms with Crippen LogP contribution in [0.4, 0.5) is 8.78 Å². The predicted molar refractivity (Wildman–Crippen MR) is 83.5 cm³/mol. The average molecular weight is 393 g/mol. The summed E-state index contributed by atoms with van der Waals surface area (Å²) in [5.41, 5.74) is 1.69. The molecule has 102 valence electrons. The van der Waals surface area contributed by atoms with Gasteiger partial charge in [-0.25, -0.2) is 8.78 Å². The molecule has 1 N–H and O–H groups in total. The molecule has 0 fully saturated rings. The second-order valence-electron chi connectivity index (χ2n) is 4.23. The average Bonchev–Trinajstić information content (AvgIpc) is 2.78. The first-order valence-corrected chi connectivity index (χ1v) is 7.97. The number of hydrogen-bond acceptors (Lipinski definition) is 2. The lowest BCUT2D eigenvalue weighted by atomic mass is 10.0. The first-order valence-electron chi connectivity index (χ1n) is 6.01. The Kier molecular flexibility index (Phi) is 5.29. The van der Waals surface area contributed by atoms with Gasteiger partial charge in [0.2, 0.25) is 0 Å². The minimum absolute atomic E-state index is 0.0599. The predicted octanol–water partition coefficient (Wildman–Crippen LogP) is 4.52. The number of hydrogen-bond donors (Lipinski definition) is 1. The summed E-state index contributed by atoms with van der Waals surface area (Å²) in [6.07, 6.45) is 0.521. The molecule has 1 aromatic carbocycles. The highest BCUT2D eigenvalue weighted by Crippen LogP contribution is 2.26. The van der Waals surface area contributed by atoms with Gasteiger partial charge in [-0.3, -0.25) is 0 Å². The van der Waals surface area contributed by atoms with Gasteiger partial charge in [0.15, 0.2) is 0 Å². The van der Waals surface area contributed by atoms with E-state index in [1.807, 2.05) is 6.92 Å². The Morgan fingerprint density at radius 3 is 2.68 bits per heavy atom. The fourth-order valence-electron chi connectivity index (χ4n) is 1.97. The van der Waals surface area contributed by atoms with E-state index in [2.05, 4.69) is 39.4 Å². The normalized spacial score (nSPS) is 12.6. The summed E-state index contributed by atoms with van der Waals surface area (Å²) in [6.45, 7) is 2.82. The van der Waals surface area contributed by atoms with Crippen molar-refractivity contribution in [1.82, 2.24) is 5.32 Å². The Morgan fingerprint density at radius 2 is 2.11 bits per heavy atom. The molecule has 0 saturated carbocycles. The largest absolute Gasteiger partial charge is 0.310 e. The highest BCUT2D eigenvalue weighted by molar-refractivity contribution is 14.1. The highest BCUT2D eigenvalue weighted by atomic mass is 127. The van der Waals surface area contributed by atoms with E-state index in [9.17, 15) is 8.78 Å². The van der Waals surface area contributed by atoms with E-state index in [4.69, 9.17) is 0 Å². The topological polar surface area (TPSA) is 12.0 Å². The first-order chi connectivity index (χ1) is 9.10. The molecule has 1 aromatic heterocycles. The quantitative estimate of drug-likeness (QED) is 0.737. The van der Waals surface area contributed by atoms with Gasteiger partial charge in [0.25, 0.3) is 0 Å². The van der Waals surface area contributed by atoms with Crippen LogP contribution >= 0.6 is 33.9 Å². The Morgan fingerprint density at radius 1 is 1.32 bits per heavy atom. The van der Waals surface area contributed by atoms with Crippen LogP contribution < -0.4 is 5.32 Å². The molecule has 1 nitrogen and oxygen atoms in total. The van der Waals surface area contributed by atoms with Gasteiger partial charge in [0, 0.05) is 12.1 Å². The highest BCUT2D eigenvalue weighted by Gasteiger charge is 2.15. The Labute approximate surface area is 129 Å². The Balaban J connectivity index is 2.21. The zero-order chi connectivity index (χ0) is 13.8. The molecule has 1 unspecified atom stereocenters. The van der Waals surface area contributed by atoms with E-state index in [0.717, 1.165) is 18.2 Å². The summed E-state index contributed by atoms with van der Waals surface area (Å²) in [6, 6.07) is 5.92. The summed E-state index contributed by atoms with van der Waals surface area (Å²) in [7, 11) is 0. The van der Waals surface area contributed by atoms with Crippen LogP contribution in [0.1, 0.15) is 24.1 Å². The van der Waals surface area contributed by atoms with Crippen molar-refractivity contribution in [3.8, 4) is 0 Å². The van der Waals surface area contributed by atoms with Gasteiger partial charge in [-0.05, 0) is 64.2 Å². The number of nitrogens with one attached hydrogen (secondary N) is 1. The summed E-state index contributed by atoms with van der Waals surface area (Å²) in [4.78, 5) is 0. The number of halogens is 3. The molecule has 0 bridgehead atoms. The van der Waals surface area contributed by atoms with E-state index >= 15 is 0 Å². The number of thiophene rings is 1. The molecule has 0 spiro atoms. The van der Waals surface area contributed by atoms with Gasteiger partial charge in [-0.1, -0.05) is 13.0 Å². The second-order valence-corrected chi connectivity index (χ2v) is 7.04. The van der Waals surface area contributed by atoms with Crippen molar-refractivity contribution in [3.63, 3.8) is 0 Å². The molecule has 0 aliphatic heterocycles. The summed E-state index contributed by atoms with van der Waals surface area (Å²) >= 11 is 3.94. The maximum Gasteiger partial charge on any atom is 0.129 e. The maximum atomic E-state index is 13.7. The van der Waals surface area contributed by atoms with Crippen molar-refractivity contribution in [2.75, 3.05) is 6.54 Å². The molecule has 1 heterocycles. The van der Waals surface area contributed by atoms with Crippen LogP contribution in [0.5, 0.6) is 0 Å². The third-order valence-electron chi connectivity index (χ3n) is 2.88. The molecule has 0 aliphatic rings. The maximum absolute atomic E-state index is 13.7. The molecule has 0 aliphatic carbocycles. The summed E-state index contributed by atoms with van der Waals surface area (Å²) in [5.74, 6) is -1.01. The fraction of sp³-hybridized carbons (Fsp3) is 0.286. The lowest BCUT2D eigenvalue weighted by molar-refractivity contribution is 0.522. The minimum Gasteiger partial charge on any atom is -0.310 e. The van der Waals surface area contributed by atoms with E-state index in [0.29, 0.717) is 12.0 Å². The van der Waals surface area contributed by atoms with Crippen molar-refractivity contribution in [1.29, 1.82) is 0 Å². The lowest BCUT2D eigenvalue weighted by Gasteiger charge is -2.17. The van der Waals surface area contributed by atoms with Gasteiger partial charge in [0.1, 0.15) is 11.6 Å². The third-order valence-corrected chi connectivity index (χ3v) is 4.69. The van der Waals surface area contributed by atoms with E-state index in [-0.39, 0.29) is 6.04 Å². The smallest absolute Gasteiger partial charge is 0.129 e. The monoisotopic (exact) mass is 393 g/mol. The van der Waals surface area contributed by atoms with Crippen LogP contribution in [0.3, 0.4) is 0 Å². The third kappa shape index (κ3) is 3.97. The SMILES string of the molecule is CCNC(Cc1ccc(F)cc1F)c1csc(I)c1. The lowest BCUT2D eigenvalue weighted by Crippen LogP contribution is -2.22. The zero-order valence-electron chi connectivity index (χ0n) is 10.4. The molecular formula is C14H14F2INS. The van der Waals surface area contributed by atoms with Crippen LogP contribution in [0, 0.1) is 14.5 Å². The fourth-order valence-corrected chi connectivity index (χ4v) is 3.39. The molecule has 0 saturated heterocycles. The van der Waals surface area contributed by atoms with E-state index in [1.54, 1.807) is 11.3 Å². The van der Waals surface area contributed by atoms with Gasteiger partial charge in [0.05, 0.1) is 2.88 Å². The molecule has 0 radical (unpaired) electrons. The first kappa shape index (κ1) is 14.9. The van der Waals surface area contributed by atoms with E-state index in [1.165, 1.54) is 15.0 Å². The van der Waals surface area contributed by atoms with Crippen LogP contribution in [-0.4, -0.2) is 6.54 Å². The molecule has 5 heteroatoms.